The molecule has 0 aromatic heterocycles. The number of alkyl halides is 3. The minimum absolute atomic E-state index is 0.161. The lowest BCUT2D eigenvalue weighted by atomic mass is 10.2. The van der Waals surface area contributed by atoms with Gasteiger partial charge in [-0.15, -0.1) is 0 Å². The van der Waals surface area contributed by atoms with Crippen molar-refractivity contribution in [3.05, 3.63) is 0 Å². The lowest BCUT2D eigenvalue weighted by Crippen LogP contribution is -2.45. The van der Waals surface area contributed by atoms with Crippen molar-refractivity contribution < 1.29 is 21.6 Å². The van der Waals surface area contributed by atoms with E-state index >= 15 is 0 Å². The van der Waals surface area contributed by atoms with Crippen LogP contribution in [0.25, 0.3) is 0 Å². The van der Waals surface area contributed by atoms with E-state index in [4.69, 9.17) is 5.73 Å². The molecule has 3 N–H and O–H groups in total. The van der Waals surface area contributed by atoms with Crippen LogP contribution in [0, 0.1) is 0 Å². The summed E-state index contributed by atoms with van der Waals surface area (Å²) in [7, 11) is -5.25. The maximum atomic E-state index is 11.8. The molecule has 0 radical (unpaired) electrons. The normalized spacial score (nSPS) is 15.8. The van der Waals surface area contributed by atoms with Gasteiger partial charge in [-0.05, 0) is 6.42 Å². The van der Waals surface area contributed by atoms with Crippen LogP contribution in [-0.2, 0) is 10.0 Å². The fraction of sp³-hybridized carbons (Fsp3) is 1.00. The molecule has 8 heteroatoms. The predicted molar refractivity (Wildman–Crippen MR) is 41.2 cm³/mol. The van der Waals surface area contributed by atoms with Gasteiger partial charge in [0.25, 0.3) is 0 Å². The Morgan fingerprint density at radius 1 is 1.46 bits per heavy atom. The fourth-order valence-electron chi connectivity index (χ4n) is 0.584. The van der Waals surface area contributed by atoms with Crippen LogP contribution in [-0.4, -0.2) is 26.5 Å². The lowest BCUT2D eigenvalue weighted by molar-refractivity contribution is -0.0450. The quantitative estimate of drug-likeness (QED) is 0.709. The highest BCUT2D eigenvalue weighted by atomic mass is 32.2. The Hall–Kier alpha value is -0.340. The summed E-state index contributed by atoms with van der Waals surface area (Å²) in [5.41, 5.74) is -0.229. The number of sulfonamides is 1. The zero-order valence-electron chi connectivity index (χ0n) is 6.93. The van der Waals surface area contributed by atoms with E-state index in [1.807, 2.05) is 0 Å². The van der Waals surface area contributed by atoms with Gasteiger partial charge in [0.15, 0.2) is 0 Å². The van der Waals surface area contributed by atoms with Gasteiger partial charge in [0, 0.05) is 12.6 Å². The Labute approximate surface area is 74.3 Å². The second-order valence-electron chi connectivity index (χ2n) is 2.41. The molecule has 0 saturated carbocycles. The molecule has 0 aliphatic rings. The fourth-order valence-corrected chi connectivity index (χ4v) is 1.42. The van der Waals surface area contributed by atoms with Gasteiger partial charge < -0.3 is 5.73 Å². The molecular weight excluding hydrogens is 209 g/mol. The van der Waals surface area contributed by atoms with Gasteiger partial charge in [-0.2, -0.15) is 13.2 Å². The maximum Gasteiger partial charge on any atom is 0.511 e. The summed E-state index contributed by atoms with van der Waals surface area (Å²) >= 11 is 0. The van der Waals surface area contributed by atoms with Gasteiger partial charge in [0.2, 0.25) is 0 Å². The predicted octanol–water partition coefficient (Wildman–Crippen LogP) is 0.163. The molecule has 0 bridgehead atoms. The Bertz CT molecular complexity index is 245. The molecule has 4 nitrogen and oxygen atoms in total. The molecule has 0 aliphatic carbocycles. The number of halogens is 3. The Kier molecular flexibility index (Phi) is 4.14. The monoisotopic (exact) mass is 220 g/mol. The van der Waals surface area contributed by atoms with Crippen LogP contribution in [0.2, 0.25) is 0 Å². The largest absolute Gasteiger partial charge is 0.511 e. The van der Waals surface area contributed by atoms with Gasteiger partial charge in [0.05, 0.1) is 0 Å². The SMILES string of the molecule is CCC(CN)NS(=O)(=O)C(F)(F)F. The molecule has 0 aromatic carbocycles. The lowest BCUT2D eigenvalue weighted by Gasteiger charge is -2.15. The average molecular weight is 220 g/mol. The topological polar surface area (TPSA) is 72.2 Å². The van der Waals surface area contributed by atoms with E-state index in [1.165, 1.54) is 11.6 Å². The van der Waals surface area contributed by atoms with Gasteiger partial charge >= 0.3 is 15.5 Å². The second kappa shape index (κ2) is 4.25. The molecule has 0 heterocycles. The first-order valence-electron chi connectivity index (χ1n) is 3.53. The van der Waals surface area contributed by atoms with Crippen LogP contribution in [0.1, 0.15) is 13.3 Å². The number of nitrogens with one attached hydrogen (secondary N) is 1. The van der Waals surface area contributed by atoms with Crippen LogP contribution in [0.5, 0.6) is 0 Å². The van der Waals surface area contributed by atoms with Crippen molar-refractivity contribution in [1.29, 1.82) is 0 Å². The smallest absolute Gasteiger partial charge is 0.329 e. The van der Waals surface area contributed by atoms with Crippen molar-refractivity contribution in [2.24, 2.45) is 5.73 Å². The second-order valence-corrected chi connectivity index (χ2v) is 4.11. The summed E-state index contributed by atoms with van der Waals surface area (Å²) in [6.45, 7) is 1.38. The first kappa shape index (κ1) is 12.7. The van der Waals surface area contributed by atoms with Crippen molar-refractivity contribution in [3.8, 4) is 0 Å². The summed E-state index contributed by atoms with van der Waals surface area (Å²) in [6, 6.07) is -0.869. The highest BCUT2D eigenvalue weighted by Gasteiger charge is 2.46. The number of nitrogens with two attached hydrogens (primary N) is 1. The van der Waals surface area contributed by atoms with Crippen LogP contribution in [0.15, 0.2) is 0 Å². The van der Waals surface area contributed by atoms with E-state index in [0.717, 1.165) is 0 Å². The highest BCUT2D eigenvalue weighted by Crippen LogP contribution is 2.21. The molecule has 0 spiro atoms. The van der Waals surface area contributed by atoms with E-state index in [9.17, 15) is 21.6 Å². The summed E-state index contributed by atoms with van der Waals surface area (Å²) in [6.07, 6.45) is 0.214. The molecule has 13 heavy (non-hydrogen) atoms. The molecule has 80 valence electrons. The molecule has 1 unspecified atom stereocenters. The Morgan fingerprint density at radius 2 is 1.92 bits per heavy atom. The molecule has 0 rings (SSSR count). The number of hydrogen-bond acceptors (Lipinski definition) is 3. The number of hydrogen-bond donors (Lipinski definition) is 2. The van der Waals surface area contributed by atoms with Crippen LogP contribution >= 0.6 is 0 Å². The number of rotatable bonds is 4. The molecular formula is C5H11F3N2O2S. The first-order valence-corrected chi connectivity index (χ1v) is 5.01. The zero-order valence-corrected chi connectivity index (χ0v) is 7.74. The van der Waals surface area contributed by atoms with Crippen molar-refractivity contribution in [2.45, 2.75) is 24.9 Å². The van der Waals surface area contributed by atoms with E-state index < -0.39 is 21.6 Å². The summed E-state index contributed by atoms with van der Waals surface area (Å²) < 4.78 is 57.8. The van der Waals surface area contributed by atoms with Gasteiger partial charge in [-0.1, -0.05) is 6.92 Å². The van der Waals surface area contributed by atoms with E-state index in [0.29, 0.717) is 0 Å². The zero-order chi connectivity index (χ0) is 10.7. The molecule has 0 aromatic rings. The third-order valence-electron chi connectivity index (χ3n) is 1.40. The summed E-state index contributed by atoms with van der Waals surface area (Å²) in [4.78, 5) is 0. The molecule has 0 aliphatic heterocycles. The van der Waals surface area contributed by atoms with Crippen LogP contribution in [0.4, 0.5) is 13.2 Å². The van der Waals surface area contributed by atoms with Crippen molar-refractivity contribution in [3.63, 3.8) is 0 Å². The Balaban J connectivity index is 4.52. The average Bonchev–Trinajstić information content (AvgIpc) is 1.98. The maximum absolute atomic E-state index is 11.8. The van der Waals surface area contributed by atoms with Crippen molar-refractivity contribution >= 4 is 10.0 Å². The van der Waals surface area contributed by atoms with Crippen molar-refractivity contribution in [2.75, 3.05) is 6.54 Å². The third-order valence-corrected chi connectivity index (χ3v) is 2.66. The van der Waals surface area contributed by atoms with E-state index in [2.05, 4.69) is 0 Å². The third kappa shape index (κ3) is 3.49. The van der Waals surface area contributed by atoms with Gasteiger partial charge in [-0.25, -0.2) is 13.1 Å². The summed E-state index contributed by atoms with van der Waals surface area (Å²) in [5, 5.41) is 0. The van der Waals surface area contributed by atoms with Gasteiger partial charge in [0.1, 0.15) is 0 Å². The molecule has 1 atom stereocenters. The summed E-state index contributed by atoms with van der Waals surface area (Å²) in [5.74, 6) is 0. The molecule has 0 fully saturated rings. The van der Waals surface area contributed by atoms with Gasteiger partial charge in [-0.3, -0.25) is 0 Å². The molecule has 0 amide bonds. The van der Waals surface area contributed by atoms with E-state index in [1.54, 1.807) is 0 Å². The van der Waals surface area contributed by atoms with Crippen LogP contribution < -0.4 is 10.5 Å². The molecule has 0 saturated heterocycles. The Morgan fingerprint density at radius 3 is 2.15 bits per heavy atom. The first-order chi connectivity index (χ1) is 5.74. The standard InChI is InChI=1S/C5H11F3N2O2S/c1-2-4(3-9)10-13(11,12)5(6,7)8/h4,10H,2-3,9H2,1H3. The minimum Gasteiger partial charge on any atom is -0.329 e. The van der Waals surface area contributed by atoms with Crippen LogP contribution in [0.3, 0.4) is 0 Å². The van der Waals surface area contributed by atoms with E-state index in [-0.39, 0.29) is 13.0 Å². The highest BCUT2D eigenvalue weighted by molar-refractivity contribution is 7.90. The minimum atomic E-state index is -5.27. The van der Waals surface area contributed by atoms with Crippen molar-refractivity contribution in [1.82, 2.24) is 4.72 Å².